The van der Waals surface area contributed by atoms with Crippen LogP contribution in [-0.4, -0.2) is 54.2 Å². The van der Waals surface area contributed by atoms with Gasteiger partial charge in [-0.3, -0.25) is 19.2 Å². The molecule has 3 rings (SSSR count). The average molecular weight is 555 g/mol. The summed E-state index contributed by atoms with van der Waals surface area (Å²) < 4.78 is 0. The number of carbonyl (C=O) groups is 4. The lowest BCUT2D eigenvalue weighted by atomic mass is 9.78. The molecule has 1 atom stereocenters. The highest BCUT2D eigenvalue weighted by molar-refractivity contribution is 5.88. The number of hydrogen-bond donors (Lipinski definition) is 3. The van der Waals surface area contributed by atoms with Gasteiger partial charge < -0.3 is 20.9 Å². The average Bonchev–Trinajstić information content (AvgIpc) is 3.37. The zero-order valence-corrected chi connectivity index (χ0v) is 24.6. The highest BCUT2D eigenvalue weighted by atomic mass is 16.2. The first-order valence-corrected chi connectivity index (χ1v) is 15.4. The number of nitrogens with zero attached hydrogens (tertiary/aromatic N) is 1. The maximum Gasteiger partial charge on any atom is 0.243 e. The van der Waals surface area contributed by atoms with Crippen molar-refractivity contribution in [1.82, 2.24) is 20.9 Å². The minimum Gasteiger partial charge on any atom is -0.356 e. The van der Waals surface area contributed by atoms with Crippen LogP contribution in [0.2, 0.25) is 0 Å². The Morgan fingerprint density at radius 1 is 0.750 bits per heavy atom. The normalized spacial score (nSPS) is 23.2. The molecule has 1 aromatic carbocycles. The van der Waals surface area contributed by atoms with E-state index < -0.39 is 6.04 Å². The van der Waals surface area contributed by atoms with E-state index in [1.54, 1.807) is 4.90 Å². The number of hydrogen-bond acceptors (Lipinski definition) is 4. The van der Waals surface area contributed by atoms with Crippen molar-refractivity contribution < 1.29 is 19.2 Å². The first kappa shape index (κ1) is 31.6. The van der Waals surface area contributed by atoms with Gasteiger partial charge in [-0.05, 0) is 61.8 Å². The second kappa shape index (κ2) is 16.4. The van der Waals surface area contributed by atoms with Gasteiger partial charge in [0.25, 0.3) is 0 Å². The molecule has 1 unspecified atom stereocenters. The van der Waals surface area contributed by atoms with Crippen LogP contribution in [0.1, 0.15) is 103 Å². The number of nitrogens with one attached hydrogen (secondary N) is 3. The van der Waals surface area contributed by atoms with Crippen LogP contribution in [-0.2, 0) is 25.7 Å². The predicted molar refractivity (Wildman–Crippen MR) is 157 cm³/mol. The lowest BCUT2D eigenvalue weighted by molar-refractivity contribution is -0.145. The zero-order chi connectivity index (χ0) is 28.8. The Bertz CT molecular complexity index is 959. The van der Waals surface area contributed by atoms with Gasteiger partial charge in [0.05, 0.1) is 0 Å². The molecule has 1 saturated heterocycles. The molecular weight excluding hydrogens is 504 g/mol. The van der Waals surface area contributed by atoms with Gasteiger partial charge in [-0.15, -0.1) is 0 Å². The van der Waals surface area contributed by atoms with Gasteiger partial charge in [0.2, 0.25) is 23.6 Å². The molecule has 8 nitrogen and oxygen atoms in total. The summed E-state index contributed by atoms with van der Waals surface area (Å²) >= 11 is 0. The molecule has 222 valence electrons. The molecular formula is C32H50N4O4. The minimum absolute atomic E-state index is 0.00194. The molecule has 2 fully saturated rings. The van der Waals surface area contributed by atoms with Gasteiger partial charge in [-0.2, -0.15) is 0 Å². The molecule has 0 aromatic heterocycles. The van der Waals surface area contributed by atoms with Crippen molar-refractivity contribution in [3.05, 3.63) is 35.9 Å². The van der Waals surface area contributed by atoms with Crippen LogP contribution < -0.4 is 16.0 Å². The van der Waals surface area contributed by atoms with Crippen molar-refractivity contribution >= 4 is 23.6 Å². The van der Waals surface area contributed by atoms with Crippen molar-refractivity contribution in [2.45, 2.75) is 110 Å². The van der Waals surface area contributed by atoms with E-state index >= 15 is 0 Å². The SMILES string of the molecule is CC(C)C1C(=O)NCCCCCC(=O)NCCCCCNC(=O)CC2(CCCC2)CC(=O)N1Cc1ccccc1. The third-order valence-corrected chi connectivity index (χ3v) is 8.36. The molecule has 1 spiro atoms. The van der Waals surface area contributed by atoms with Crippen LogP contribution in [0.15, 0.2) is 30.3 Å². The predicted octanol–water partition coefficient (Wildman–Crippen LogP) is 4.47. The molecule has 40 heavy (non-hydrogen) atoms. The fraction of sp³-hybridized carbons (Fsp3) is 0.688. The number of rotatable bonds is 3. The largest absolute Gasteiger partial charge is 0.356 e. The van der Waals surface area contributed by atoms with E-state index in [0.717, 1.165) is 69.8 Å². The molecule has 3 N–H and O–H groups in total. The highest BCUT2D eigenvalue weighted by Gasteiger charge is 2.41. The Morgan fingerprint density at radius 2 is 1.35 bits per heavy atom. The molecule has 2 aliphatic rings. The van der Waals surface area contributed by atoms with E-state index in [2.05, 4.69) is 16.0 Å². The molecule has 4 amide bonds. The van der Waals surface area contributed by atoms with Crippen LogP contribution in [0.4, 0.5) is 0 Å². The summed E-state index contributed by atoms with van der Waals surface area (Å²) in [4.78, 5) is 54.5. The van der Waals surface area contributed by atoms with Crippen LogP contribution in [0.25, 0.3) is 0 Å². The summed E-state index contributed by atoms with van der Waals surface area (Å²) in [6, 6.07) is 9.21. The molecule has 1 saturated carbocycles. The highest BCUT2D eigenvalue weighted by Crippen LogP contribution is 2.44. The zero-order valence-electron chi connectivity index (χ0n) is 24.6. The van der Waals surface area contributed by atoms with E-state index in [0.29, 0.717) is 39.0 Å². The molecule has 1 heterocycles. The molecule has 1 aliphatic heterocycles. The second-order valence-corrected chi connectivity index (χ2v) is 12.1. The quantitative estimate of drug-likeness (QED) is 0.512. The summed E-state index contributed by atoms with van der Waals surface area (Å²) in [5, 5.41) is 9.12. The Balaban J connectivity index is 1.81. The smallest absolute Gasteiger partial charge is 0.243 e. The monoisotopic (exact) mass is 554 g/mol. The molecule has 8 heteroatoms. The van der Waals surface area contributed by atoms with Crippen molar-refractivity contribution in [3.63, 3.8) is 0 Å². The van der Waals surface area contributed by atoms with Gasteiger partial charge in [-0.25, -0.2) is 0 Å². The molecule has 0 radical (unpaired) electrons. The fourth-order valence-electron chi connectivity index (χ4n) is 6.17. The summed E-state index contributed by atoms with van der Waals surface area (Å²) in [6.07, 6.45) is 9.95. The first-order valence-electron chi connectivity index (χ1n) is 15.4. The summed E-state index contributed by atoms with van der Waals surface area (Å²) in [6.45, 7) is 6.10. The van der Waals surface area contributed by atoms with Crippen molar-refractivity contribution in [3.8, 4) is 0 Å². The lowest BCUT2D eigenvalue weighted by Gasteiger charge is -2.37. The summed E-state index contributed by atoms with van der Waals surface area (Å²) in [7, 11) is 0. The van der Waals surface area contributed by atoms with Gasteiger partial charge in [0, 0.05) is 45.4 Å². The third kappa shape index (κ3) is 10.3. The van der Waals surface area contributed by atoms with E-state index in [1.807, 2.05) is 44.2 Å². The van der Waals surface area contributed by atoms with E-state index in [1.165, 1.54) is 0 Å². The topological polar surface area (TPSA) is 108 Å². The van der Waals surface area contributed by atoms with Crippen LogP contribution >= 0.6 is 0 Å². The van der Waals surface area contributed by atoms with Crippen LogP contribution in [0.3, 0.4) is 0 Å². The maximum absolute atomic E-state index is 14.1. The Labute approximate surface area is 240 Å². The molecule has 0 bridgehead atoms. The van der Waals surface area contributed by atoms with E-state index in [4.69, 9.17) is 0 Å². The number of benzene rings is 1. The first-order chi connectivity index (χ1) is 19.3. The maximum atomic E-state index is 14.1. The fourth-order valence-corrected chi connectivity index (χ4v) is 6.17. The Kier molecular flexibility index (Phi) is 13.0. The molecule has 1 aromatic rings. The van der Waals surface area contributed by atoms with Gasteiger partial charge >= 0.3 is 0 Å². The standard InChI is InChI=1S/C32H50N4O4/c1-25(2)30-31(40)35-21-11-4-8-16-27(37)33-19-12-5-13-20-34-28(38)22-32(17-9-10-18-32)23-29(39)36(30)24-26-14-6-3-7-15-26/h3,6-7,14-15,25,30H,4-5,8-13,16-24H2,1-2H3,(H,33,37)(H,34,38)(H,35,40). The molecule has 1 aliphatic carbocycles. The second-order valence-electron chi connectivity index (χ2n) is 12.1. The number of amides is 4. The lowest BCUT2D eigenvalue weighted by Crippen LogP contribution is -2.53. The van der Waals surface area contributed by atoms with Gasteiger partial charge in [0.15, 0.2) is 0 Å². The summed E-state index contributed by atoms with van der Waals surface area (Å²) in [5.41, 5.74) is 0.613. The van der Waals surface area contributed by atoms with E-state index in [9.17, 15) is 19.2 Å². The van der Waals surface area contributed by atoms with Crippen molar-refractivity contribution in [2.24, 2.45) is 11.3 Å². The van der Waals surface area contributed by atoms with Crippen LogP contribution in [0.5, 0.6) is 0 Å². The third-order valence-electron chi connectivity index (χ3n) is 8.36. The number of carbonyl (C=O) groups excluding carboxylic acids is 4. The van der Waals surface area contributed by atoms with Gasteiger partial charge in [0.1, 0.15) is 6.04 Å². The van der Waals surface area contributed by atoms with Crippen molar-refractivity contribution in [2.75, 3.05) is 19.6 Å². The minimum atomic E-state index is -0.608. The van der Waals surface area contributed by atoms with Crippen molar-refractivity contribution in [1.29, 1.82) is 0 Å². The Hall–Kier alpha value is -2.90. The Morgan fingerprint density at radius 3 is 2.00 bits per heavy atom. The van der Waals surface area contributed by atoms with Crippen LogP contribution in [0, 0.1) is 11.3 Å². The van der Waals surface area contributed by atoms with Gasteiger partial charge in [-0.1, -0.05) is 63.4 Å². The summed E-state index contributed by atoms with van der Waals surface area (Å²) in [5.74, 6) is -0.211. The van der Waals surface area contributed by atoms with E-state index in [-0.39, 0.29) is 41.4 Å².